The molecule has 2 aromatic rings. The molecule has 0 aliphatic heterocycles. The summed E-state index contributed by atoms with van der Waals surface area (Å²) in [6.45, 7) is -0.0905. The number of nitrogens with zero attached hydrogens (tertiary/aromatic N) is 2. The topological polar surface area (TPSA) is 64.0 Å². The van der Waals surface area contributed by atoms with Crippen molar-refractivity contribution in [1.29, 1.82) is 0 Å². The molecule has 1 aliphatic carbocycles. The molecular formula is C16H18FN3O2S. The highest BCUT2D eigenvalue weighted by Gasteiger charge is 2.28. The third kappa shape index (κ3) is 3.85. The predicted molar refractivity (Wildman–Crippen MR) is 85.6 cm³/mol. The predicted octanol–water partition coefficient (Wildman–Crippen LogP) is 2.49. The van der Waals surface area contributed by atoms with Crippen molar-refractivity contribution in [3.8, 4) is 0 Å². The van der Waals surface area contributed by atoms with Crippen LogP contribution in [-0.4, -0.2) is 15.7 Å². The summed E-state index contributed by atoms with van der Waals surface area (Å²) in [5.41, 5.74) is 2.32. The Morgan fingerprint density at radius 3 is 2.65 bits per heavy atom. The van der Waals surface area contributed by atoms with Crippen molar-refractivity contribution in [2.45, 2.75) is 38.3 Å². The second-order valence-electron chi connectivity index (χ2n) is 5.80. The van der Waals surface area contributed by atoms with Crippen molar-refractivity contribution in [2.75, 3.05) is 0 Å². The van der Waals surface area contributed by atoms with E-state index in [1.54, 1.807) is 12.1 Å². The van der Waals surface area contributed by atoms with Gasteiger partial charge in [-0.15, -0.1) is 0 Å². The average Bonchev–Trinajstić information content (AvgIpc) is 3.19. The first-order valence-electron chi connectivity index (χ1n) is 7.69. The summed E-state index contributed by atoms with van der Waals surface area (Å²) in [5, 5.41) is 6.86. The number of benzene rings is 1. The zero-order chi connectivity index (χ0) is 16.2. The highest BCUT2D eigenvalue weighted by molar-refractivity contribution is 7.06. The SMILES string of the molecule is O=C(Cn1ncsc1=O)N[C@@H](c1ccc(F)cc1)C1CCCC1. The van der Waals surface area contributed by atoms with E-state index in [4.69, 9.17) is 0 Å². The van der Waals surface area contributed by atoms with E-state index in [-0.39, 0.29) is 29.2 Å². The fourth-order valence-electron chi connectivity index (χ4n) is 3.13. The molecule has 0 unspecified atom stereocenters. The van der Waals surface area contributed by atoms with Crippen LogP contribution in [0.2, 0.25) is 0 Å². The van der Waals surface area contributed by atoms with E-state index in [0.29, 0.717) is 5.92 Å². The van der Waals surface area contributed by atoms with Crippen molar-refractivity contribution in [3.05, 3.63) is 50.8 Å². The molecular weight excluding hydrogens is 317 g/mol. The lowest BCUT2D eigenvalue weighted by atomic mass is 9.91. The van der Waals surface area contributed by atoms with Crippen LogP contribution >= 0.6 is 11.3 Å². The highest BCUT2D eigenvalue weighted by atomic mass is 32.1. The van der Waals surface area contributed by atoms with Crippen molar-refractivity contribution < 1.29 is 9.18 Å². The van der Waals surface area contributed by atoms with E-state index >= 15 is 0 Å². The molecule has 1 aromatic heterocycles. The van der Waals surface area contributed by atoms with Gasteiger partial charge in [0.1, 0.15) is 17.9 Å². The normalized spacial score (nSPS) is 16.4. The summed E-state index contributed by atoms with van der Waals surface area (Å²) in [7, 11) is 0. The molecule has 1 heterocycles. The molecule has 1 saturated carbocycles. The Morgan fingerprint density at radius 1 is 1.35 bits per heavy atom. The van der Waals surface area contributed by atoms with E-state index in [2.05, 4.69) is 10.4 Å². The first kappa shape index (κ1) is 15.9. The quantitative estimate of drug-likeness (QED) is 0.913. The fourth-order valence-corrected chi connectivity index (χ4v) is 3.61. The zero-order valence-electron chi connectivity index (χ0n) is 12.6. The molecule has 0 radical (unpaired) electrons. The molecule has 1 aromatic carbocycles. The van der Waals surface area contributed by atoms with Crippen LogP contribution in [0.5, 0.6) is 0 Å². The van der Waals surface area contributed by atoms with Gasteiger partial charge >= 0.3 is 4.87 Å². The van der Waals surface area contributed by atoms with Gasteiger partial charge in [-0.05, 0) is 36.5 Å². The number of halogens is 1. The minimum atomic E-state index is -0.292. The maximum absolute atomic E-state index is 13.2. The van der Waals surface area contributed by atoms with Crippen LogP contribution in [0.1, 0.15) is 37.3 Å². The summed E-state index contributed by atoms with van der Waals surface area (Å²) < 4.78 is 14.3. The molecule has 7 heteroatoms. The van der Waals surface area contributed by atoms with E-state index in [9.17, 15) is 14.0 Å². The average molecular weight is 335 g/mol. The Balaban J connectivity index is 1.75. The molecule has 0 bridgehead atoms. The second-order valence-corrected chi connectivity index (χ2v) is 6.60. The van der Waals surface area contributed by atoms with Crippen molar-refractivity contribution in [1.82, 2.24) is 15.1 Å². The van der Waals surface area contributed by atoms with Gasteiger partial charge in [-0.3, -0.25) is 9.59 Å². The summed E-state index contributed by atoms with van der Waals surface area (Å²) in [4.78, 5) is 23.5. The minimum Gasteiger partial charge on any atom is -0.347 e. The van der Waals surface area contributed by atoms with E-state index < -0.39 is 0 Å². The van der Waals surface area contributed by atoms with Crippen molar-refractivity contribution in [3.63, 3.8) is 0 Å². The molecule has 3 rings (SSSR count). The van der Waals surface area contributed by atoms with Gasteiger partial charge < -0.3 is 5.32 Å². The monoisotopic (exact) mass is 335 g/mol. The third-order valence-corrected chi connectivity index (χ3v) is 4.87. The maximum Gasteiger partial charge on any atom is 0.325 e. The number of carbonyl (C=O) groups is 1. The molecule has 1 aliphatic rings. The van der Waals surface area contributed by atoms with Gasteiger partial charge in [0.25, 0.3) is 0 Å². The summed E-state index contributed by atoms with van der Waals surface area (Å²) in [6, 6.07) is 6.10. The van der Waals surface area contributed by atoms with Crippen LogP contribution < -0.4 is 10.2 Å². The first-order valence-corrected chi connectivity index (χ1v) is 8.57. The molecule has 0 saturated heterocycles. The van der Waals surface area contributed by atoms with Crippen LogP contribution in [0.3, 0.4) is 0 Å². The summed E-state index contributed by atoms with van der Waals surface area (Å²) in [5.74, 6) is -0.199. The number of nitrogens with one attached hydrogen (secondary N) is 1. The number of aromatic nitrogens is 2. The molecule has 5 nitrogen and oxygen atoms in total. The molecule has 122 valence electrons. The minimum absolute atomic E-state index is 0.0905. The second kappa shape index (κ2) is 7.04. The molecule has 1 fully saturated rings. The number of hydrogen-bond acceptors (Lipinski definition) is 4. The fraction of sp³-hybridized carbons (Fsp3) is 0.438. The summed E-state index contributed by atoms with van der Waals surface area (Å²) >= 11 is 0.963. The van der Waals surface area contributed by atoms with Crippen molar-refractivity contribution in [2.24, 2.45) is 5.92 Å². The molecule has 23 heavy (non-hydrogen) atoms. The van der Waals surface area contributed by atoms with Crippen LogP contribution in [0, 0.1) is 11.7 Å². The molecule has 1 amide bonds. The zero-order valence-corrected chi connectivity index (χ0v) is 13.4. The Morgan fingerprint density at radius 2 is 2.04 bits per heavy atom. The number of carbonyl (C=O) groups excluding carboxylic acids is 1. The lowest BCUT2D eigenvalue weighted by Gasteiger charge is -2.25. The third-order valence-electron chi connectivity index (χ3n) is 4.26. The van der Waals surface area contributed by atoms with Crippen LogP contribution in [0.15, 0.2) is 34.6 Å². The van der Waals surface area contributed by atoms with E-state index in [1.807, 2.05) is 0 Å². The number of amides is 1. The Hall–Kier alpha value is -2.02. The molecule has 0 spiro atoms. The Labute approximate surface area is 137 Å². The van der Waals surface area contributed by atoms with Gasteiger partial charge in [0.05, 0.1) is 6.04 Å². The molecule has 1 atom stereocenters. The van der Waals surface area contributed by atoms with E-state index in [1.165, 1.54) is 17.6 Å². The smallest absolute Gasteiger partial charge is 0.325 e. The Bertz CT molecular complexity index is 719. The van der Waals surface area contributed by atoms with Gasteiger partial charge in [-0.25, -0.2) is 9.07 Å². The number of hydrogen-bond donors (Lipinski definition) is 1. The standard InChI is InChI=1S/C16H18FN3O2S/c17-13-7-5-12(6-8-13)15(11-3-1-2-4-11)19-14(21)9-20-16(22)23-10-18-20/h5-8,10-11,15H,1-4,9H2,(H,19,21)/t15-/m1/s1. The largest absolute Gasteiger partial charge is 0.347 e. The van der Waals surface area contributed by atoms with Crippen molar-refractivity contribution >= 4 is 17.2 Å². The number of rotatable bonds is 5. The lowest BCUT2D eigenvalue weighted by Crippen LogP contribution is -2.36. The van der Waals surface area contributed by atoms with Crippen LogP contribution in [-0.2, 0) is 11.3 Å². The van der Waals surface area contributed by atoms with Gasteiger partial charge in [-0.1, -0.05) is 36.3 Å². The Kier molecular flexibility index (Phi) is 4.85. The van der Waals surface area contributed by atoms with Gasteiger partial charge in [0.15, 0.2) is 0 Å². The highest BCUT2D eigenvalue weighted by Crippen LogP contribution is 2.35. The van der Waals surface area contributed by atoms with E-state index in [0.717, 1.165) is 47.3 Å². The van der Waals surface area contributed by atoms with Gasteiger partial charge in [0.2, 0.25) is 5.91 Å². The lowest BCUT2D eigenvalue weighted by molar-refractivity contribution is -0.123. The summed E-state index contributed by atoms with van der Waals surface area (Å²) in [6.07, 6.45) is 4.37. The van der Waals surface area contributed by atoms with Crippen LogP contribution in [0.25, 0.3) is 0 Å². The maximum atomic E-state index is 13.2. The first-order chi connectivity index (χ1) is 11.1. The van der Waals surface area contributed by atoms with Gasteiger partial charge in [0, 0.05) is 0 Å². The van der Waals surface area contributed by atoms with Gasteiger partial charge in [-0.2, -0.15) is 5.10 Å². The molecule has 1 N–H and O–H groups in total. The van der Waals surface area contributed by atoms with Crippen LogP contribution in [0.4, 0.5) is 4.39 Å².